The average molecular weight is 344 g/mol. The fourth-order valence-corrected chi connectivity index (χ4v) is 1.71. The van der Waals surface area contributed by atoms with Crippen molar-refractivity contribution >= 4 is 41.8 Å². The maximum Gasteiger partial charge on any atom is 0.560 e. The fourth-order valence-electron chi connectivity index (χ4n) is 1.71. The highest BCUT2D eigenvalue weighted by atomic mass is 79.9. The van der Waals surface area contributed by atoms with Gasteiger partial charge in [-0.05, 0) is 37.6 Å². The molecule has 0 N–H and O–H groups in total. The lowest BCUT2D eigenvalue weighted by Gasteiger charge is -2.13. The van der Waals surface area contributed by atoms with E-state index in [0.29, 0.717) is 0 Å². The van der Waals surface area contributed by atoms with Gasteiger partial charge in [0.2, 0.25) is 0 Å². The minimum Gasteiger partial charge on any atom is -0.299 e. The van der Waals surface area contributed by atoms with E-state index in [1.807, 2.05) is 12.1 Å². The van der Waals surface area contributed by atoms with Crippen LogP contribution in [0.5, 0.6) is 0 Å². The van der Waals surface area contributed by atoms with Gasteiger partial charge in [0, 0.05) is 6.54 Å². The Kier molecular flexibility index (Phi) is 8.37. The van der Waals surface area contributed by atoms with Gasteiger partial charge in [0.15, 0.2) is 0 Å². The topological polar surface area (TPSA) is 3.24 Å². The van der Waals surface area contributed by atoms with E-state index in [0.717, 1.165) is 6.54 Å². The Bertz CT molecular complexity index is 250. The molecule has 0 amide bonds. The summed E-state index contributed by atoms with van der Waals surface area (Å²) in [4.78, 5) is 2.49. The molecule has 4 heteroatoms. The van der Waals surface area contributed by atoms with Gasteiger partial charge >= 0.3 is 16.0 Å². The fraction of sp³-hybridized carbons (Fsp3) is 0.455. The van der Waals surface area contributed by atoms with Gasteiger partial charge < -0.3 is 0 Å². The van der Waals surface area contributed by atoms with E-state index >= 15 is 0 Å². The first kappa shape index (κ1) is 14.0. The maximum atomic E-state index is 3.25. The third kappa shape index (κ3) is 6.27. The van der Waals surface area contributed by atoms with E-state index in [4.69, 9.17) is 0 Å². The van der Waals surface area contributed by atoms with Crippen LogP contribution in [-0.2, 0) is 6.54 Å². The van der Waals surface area contributed by atoms with Gasteiger partial charge in [0.1, 0.15) is 0 Å². The van der Waals surface area contributed by atoms with Crippen molar-refractivity contribution in [1.82, 2.24) is 4.90 Å². The molecular weight excluding hydrogens is 330 g/mol. The molecule has 0 aliphatic carbocycles. The van der Waals surface area contributed by atoms with Gasteiger partial charge in [-0.3, -0.25) is 30.7 Å². The summed E-state index contributed by atoms with van der Waals surface area (Å²) in [5.41, 5.74) is 1.32. The van der Waals surface area contributed by atoms with Crippen molar-refractivity contribution in [3.05, 3.63) is 35.9 Å². The molecular formula is C11H14Br2MgN. The molecule has 1 fully saturated rings. The number of hydrogen-bond donors (Lipinski definition) is 0. The van der Waals surface area contributed by atoms with Gasteiger partial charge in [-0.15, -0.1) is 0 Å². The number of likely N-dealkylation sites (tertiary alicyclic amines) is 1. The van der Waals surface area contributed by atoms with E-state index in [9.17, 15) is 0 Å². The summed E-state index contributed by atoms with van der Waals surface area (Å²) in [5, 5.41) is 0. The highest BCUT2D eigenvalue weighted by Gasteiger charge is 2.10. The number of rotatable bonds is 2. The van der Waals surface area contributed by atoms with Crippen LogP contribution in [-0.4, -0.2) is 34.0 Å². The van der Waals surface area contributed by atoms with E-state index in [1.54, 1.807) is 0 Å². The molecule has 2 rings (SSSR count). The lowest BCUT2D eigenvalue weighted by atomic mass is 10.2. The van der Waals surface area contributed by atoms with Gasteiger partial charge in [-0.2, -0.15) is 0 Å². The van der Waals surface area contributed by atoms with Gasteiger partial charge in [0.25, 0.3) is 0 Å². The molecule has 0 saturated carbocycles. The summed E-state index contributed by atoms with van der Waals surface area (Å²) in [7, 11) is 0. The van der Waals surface area contributed by atoms with Crippen LogP contribution in [0.1, 0.15) is 18.4 Å². The Hall–Kier alpha value is 0.906. The molecule has 15 heavy (non-hydrogen) atoms. The summed E-state index contributed by atoms with van der Waals surface area (Å²) in [6.45, 7) is 3.62. The molecule has 0 unspecified atom stereocenters. The summed E-state index contributed by atoms with van der Waals surface area (Å²) in [6.07, 6.45) is 2.74. The molecule has 1 saturated heterocycles. The van der Waals surface area contributed by atoms with Crippen molar-refractivity contribution in [1.29, 1.82) is 0 Å². The van der Waals surface area contributed by atoms with Crippen molar-refractivity contribution in [3.8, 4) is 0 Å². The number of nitrogens with zero attached hydrogens (tertiary/aromatic N) is 1. The second-order valence-electron chi connectivity index (χ2n) is 3.47. The predicted molar refractivity (Wildman–Crippen MR) is 73.4 cm³/mol. The molecule has 1 aliphatic heterocycles. The van der Waals surface area contributed by atoms with E-state index in [1.165, 1.54) is 31.5 Å². The largest absolute Gasteiger partial charge is 0.560 e. The van der Waals surface area contributed by atoms with Crippen molar-refractivity contribution in [2.45, 2.75) is 19.4 Å². The SMILES string of the molecule is [Br][Mg][Br].[c]1ccccc1CN1CCCC1. The lowest BCUT2D eigenvalue weighted by molar-refractivity contribution is 0.331. The van der Waals surface area contributed by atoms with Crippen LogP contribution < -0.4 is 0 Å². The van der Waals surface area contributed by atoms with E-state index in [2.05, 4.69) is 48.9 Å². The van der Waals surface area contributed by atoms with Gasteiger partial charge in [-0.1, -0.05) is 24.3 Å². The second kappa shape index (κ2) is 8.99. The van der Waals surface area contributed by atoms with Crippen LogP contribution in [0.2, 0.25) is 0 Å². The number of benzene rings is 1. The normalized spacial score (nSPS) is 15.3. The minimum absolute atomic E-state index is 0.0417. The maximum absolute atomic E-state index is 3.25. The molecule has 0 spiro atoms. The van der Waals surface area contributed by atoms with Crippen molar-refractivity contribution in [2.24, 2.45) is 0 Å². The minimum atomic E-state index is 0.0417. The van der Waals surface area contributed by atoms with Crippen molar-refractivity contribution in [3.63, 3.8) is 0 Å². The Balaban J connectivity index is 0.000000337. The monoisotopic (exact) mass is 342 g/mol. The van der Waals surface area contributed by atoms with Crippen LogP contribution in [0.3, 0.4) is 0 Å². The van der Waals surface area contributed by atoms with Crippen molar-refractivity contribution < 1.29 is 0 Å². The first-order chi connectivity index (χ1) is 7.36. The smallest absolute Gasteiger partial charge is 0.299 e. The standard InChI is InChI=1S/C11H14N.2BrH.Mg/c1-2-6-11(7-3-1)10-12-8-4-5-9-12;;;/h1-3,6H,4-5,8-10H2;2*1H;/q;;;+2/p-2. The highest BCUT2D eigenvalue weighted by molar-refractivity contribution is 9.47. The Morgan fingerprint density at radius 1 is 1.27 bits per heavy atom. The Morgan fingerprint density at radius 2 is 1.93 bits per heavy atom. The second-order valence-corrected chi connectivity index (χ2v) is 11.6. The van der Waals surface area contributed by atoms with Crippen molar-refractivity contribution in [2.75, 3.05) is 13.1 Å². The van der Waals surface area contributed by atoms with Crippen LogP contribution in [0.15, 0.2) is 24.3 Å². The third-order valence-corrected chi connectivity index (χ3v) is 2.37. The van der Waals surface area contributed by atoms with Crippen LogP contribution >= 0.6 is 25.8 Å². The lowest BCUT2D eigenvalue weighted by Crippen LogP contribution is -2.18. The van der Waals surface area contributed by atoms with E-state index < -0.39 is 0 Å². The highest BCUT2D eigenvalue weighted by Crippen LogP contribution is 2.11. The zero-order chi connectivity index (χ0) is 10.9. The molecule has 0 bridgehead atoms. The Morgan fingerprint density at radius 3 is 2.47 bits per heavy atom. The van der Waals surface area contributed by atoms with Crippen LogP contribution in [0.25, 0.3) is 0 Å². The molecule has 79 valence electrons. The Labute approximate surface area is 114 Å². The van der Waals surface area contributed by atoms with Crippen LogP contribution in [0, 0.1) is 6.07 Å². The molecule has 1 heterocycles. The van der Waals surface area contributed by atoms with Gasteiger partial charge in [-0.25, -0.2) is 0 Å². The number of halogens is 2. The first-order valence-corrected chi connectivity index (χ1v) is 13.0. The summed E-state index contributed by atoms with van der Waals surface area (Å²) in [5.74, 6) is 0. The predicted octanol–water partition coefficient (Wildman–Crippen LogP) is 3.39. The zero-order valence-corrected chi connectivity index (χ0v) is 13.3. The quantitative estimate of drug-likeness (QED) is 0.744. The summed E-state index contributed by atoms with van der Waals surface area (Å²) >= 11 is 6.44. The summed E-state index contributed by atoms with van der Waals surface area (Å²) in [6, 6.07) is 11.5. The average Bonchev–Trinajstić information content (AvgIpc) is 2.73. The molecule has 1 aliphatic rings. The summed E-state index contributed by atoms with van der Waals surface area (Å²) < 4.78 is 0. The molecule has 0 atom stereocenters. The molecule has 1 radical (unpaired) electrons. The van der Waals surface area contributed by atoms with Crippen LogP contribution in [0.4, 0.5) is 0 Å². The van der Waals surface area contributed by atoms with E-state index in [-0.39, 0.29) is 16.0 Å². The molecule has 1 aromatic rings. The number of hydrogen-bond acceptors (Lipinski definition) is 1. The van der Waals surface area contributed by atoms with Gasteiger partial charge in [0.05, 0.1) is 0 Å². The molecule has 1 nitrogen and oxygen atoms in total. The third-order valence-electron chi connectivity index (χ3n) is 2.37. The zero-order valence-electron chi connectivity index (χ0n) is 8.76. The molecule has 1 aromatic carbocycles. The molecule has 0 aromatic heterocycles. The first-order valence-electron chi connectivity index (χ1n) is 5.16.